The van der Waals surface area contributed by atoms with Gasteiger partial charge in [0.2, 0.25) is 17.7 Å². The molecule has 2 aliphatic heterocycles. The molecule has 0 aliphatic carbocycles. The fourth-order valence-corrected chi connectivity index (χ4v) is 7.67. The number of carbonyl (C=O) groups excluding carboxylic acids is 3. The highest BCUT2D eigenvalue weighted by Gasteiger charge is 2.59. The molecule has 0 spiro atoms. The second-order valence-corrected chi connectivity index (χ2v) is 11.4. The standard InChI is InChI=1S/C24H20ClN3O5S2/c1-24(2)17-18(21(32)28(20(17)31)14-7-3-12(25)4-8-14)34-22-19(24)35-23(33)27(22)11-16(30)26-13-5-9-15(29)10-6-13/h3-10,17-18,29H,11H2,1-2H3,(H,26,30). The average Bonchev–Trinajstić information content (AvgIpc) is 3.25. The van der Waals surface area contributed by atoms with Crippen LogP contribution in [0.15, 0.2) is 58.4 Å². The number of imide groups is 1. The molecule has 0 bridgehead atoms. The predicted octanol–water partition coefficient (Wildman–Crippen LogP) is 3.85. The van der Waals surface area contributed by atoms with Gasteiger partial charge in [0, 0.05) is 21.0 Å². The number of halogens is 1. The minimum atomic E-state index is -0.790. The van der Waals surface area contributed by atoms with Crippen molar-refractivity contribution in [2.75, 3.05) is 10.2 Å². The van der Waals surface area contributed by atoms with E-state index in [4.69, 9.17) is 11.6 Å². The third-order valence-corrected chi connectivity index (χ3v) is 9.32. The Morgan fingerprint density at radius 2 is 1.71 bits per heavy atom. The van der Waals surface area contributed by atoms with Gasteiger partial charge in [0.05, 0.1) is 16.6 Å². The van der Waals surface area contributed by atoms with E-state index < -0.39 is 22.5 Å². The van der Waals surface area contributed by atoms with Crippen molar-refractivity contribution in [1.82, 2.24) is 4.57 Å². The van der Waals surface area contributed by atoms with Crippen LogP contribution in [-0.4, -0.2) is 32.6 Å². The summed E-state index contributed by atoms with van der Waals surface area (Å²) in [5.74, 6) is -1.67. The minimum Gasteiger partial charge on any atom is -0.508 e. The zero-order valence-corrected chi connectivity index (χ0v) is 21.0. The van der Waals surface area contributed by atoms with Crippen molar-refractivity contribution in [3.63, 3.8) is 0 Å². The van der Waals surface area contributed by atoms with E-state index in [1.54, 1.807) is 36.4 Å². The summed E-state index contributed by atoms with van der Waals surface area (Å²) in [5, 5.41) is 12.4. The highest BCUT2D eigenvalue weighted by molar-refractivity contribution is 8.00. The Labute approximate surface area is 213 Å². The first-order valence-electron chi connectivity index (χ1n) is 10.7. The number of anilines is 2. The molecule has 2 N–H and O–H groups in total. The lowest BCUT2D eigenvalue weighted by atomic mass is 9.76. The van der Waals surface area contributed by atoms with Crippen LogP contribution in [0.1, 0.15) is 18.7 Å². The number of phenolic OH excluding ortho intramolecular Hbond substituents is 1. The number of nitrogens with one attached hydrogen (secondary N) is 1. The van der Waals surface area contributed by atoms with E-state index in [2.05, 4.69) is 5.32 Å². The zero-order chi connectivity index (χ0) is 25.1. The summed E-state index contributed by atoms with van der Waals surface area (Å²) in [6.07, 6.45) is 0. The van der Waals surface area contributed by atoms with Gasteiger partial charge < -0.3 is 10.4 Å². The van der Waals surface area contributed by atoms with Crippen molar-refractivity contribution < 1.29 is 19.5 Å². The van der Waals surface area contributed by atoms with Crippen LogP contribution in [0.25, 0.3) is 0 Å². The number of carbonyl (C=O) groups is 3. The van der Waals surface area contributed by atoms with E-state index >= 15 is 0 Å². The molecule has 1 aromatic heterocycles. The van der Waals surface area contributed by atoms with Crippen molar-refractivity contribution in [1.29, 1.82) is 0 Å². The second-order valence-electron chi connectivity index (χ2n) is 8.91. The van der Waals surface area contributed by atoms with Gasteiger partial charge in [0.1, 0.15) is 17.5 Å². The number of nitrogens with zero attached hydrogens (tertiary/aromatic N) is 2. The predicted molar refractivity (Wildman–Crippen MR) is 135 cm³/mol. The highest BCUT2D eigenvalue weighted by atomic mass is 35.5. The molecule has 8 nitrogen and oxygen atoms in total. The summed E-state index contributed by atoms with van der Waals surface area (Å²) in [6.45, 7) is 3.47. The van der Waals surface area contributed by atoms with Crippen LogP contribution < -0.4 is 15.1 Å². The van der Waals surface area contributed by atoms with Crippen molar-refractivity contribution in [3.05, 3.63) is 68.1 Å². The molecule has 3 aromatic rings. The van der Waals surface area contributed by atoms with Gasteiger partial charge in [-0.25, -0.2) is 4.90 Å². The number of thioether (sulfide) groups is 1. The van der Waals surface area contributed by atoms with Crippen molar-refractivity contribution in [2.24, 2.45) is 5.92 Å². The van der Waals surface area contributed by atoms with Gasteiger partial charge in [-0.1, -0.05) is 48.5 Å². The molecular formula is C24H20ClN3O5S2. The van der Waals surface area contributed by atoms with Crippen LogP contribution in [0.5, 0.6) is 5.75 Å². The van der Waals surface area contributed by atoms with Crippen LogP contribution in [0.4, 0.5) is 11.4 Å². The minimum absolute atomic E-state index is 0.0720. The SMILES string of the molecule is CC1(C)c2sc(=O)n(CC(=O)Nc3ccc(O)cc3)c2SC2C(=O)N(c3ccc(Cl)cc3)C(=O)C21. The Balaban J connectivity index is 1.46. The quantitative estimate of drug-likeness (QED) is 0.392. The molecule has 3 amide bonds. The maximum atomic E-state index is 13.5. The van der Waals surface area contributed by atoms with E-state index in [1.165, 1.54) is 21.6 Å². The summed E-state index contributed by atoms with van der Waals surface area (Å²) in [7, 11) is 0. The molecule has 35 heavy (non-hydrogen) atoms. The second kappa shape index (κ2) is 8.54. The largest absolute Gasteiger partial charge is 0.508 e. The van der Waals surface area contributed by atoms with E-state index in [0.717, 1.165) is 23.1 Å². The Morgan fingerprint density at radius 3 is 2.37 bits per heavy atom. The molecule has 5 rings (SSSR count). The highest BCUT2D eigenvalue weighted by Crippen LogP contribution is 2.54. The van der Waals surface area contributed by atoms with Crippen molar-refractivity contribution >= 4 is 63.8 Å². The number of aromatic nitrogens is 1. The summed E-state index contributed by atoms with van der Waals surface area (Å²) < 4.78 is 1.36. The number of amides is 3. The maximum absolute atomic E-state index is 13.5. The topological polar surface area (TPSA) is 109 Å². The van der Waals surface area contributed by atoms with E-state index in [0.29, 0.717) is 26.3 Å². The first-order valence-corrected chi connectivity index (χ1v) is 12.8. The monoisotopic (exact) mass is 529 g/mol. The molecule has 0 saturated carbocycles. The summed E-state index contributed by atoms with van der Waals surface area (Å²) in [5.41, 5.74) is 0.138. The Bertz CT molecular complexity index is 1410. The van der Waals surface area contributed by atoms with Gasteiger partial charge in [0.25, 0.3) is 0 Å². The maximum Gasteiger partial charge on any atom is 0.308 e. The van der Waals surface area contributed by atoms with Gasteiger partial charge in [-0.05, 0) is 48.5 Å². The van der Waals surface area contributed by atoms with Crippen LogP contribution in [0, 0.1) is 5.92 Å². The Morgan fingerprint density at radius 1 is 1.06 bits per heavy atom. The number of thiazole rings is 1. The average molecular weight is 530 g/mol. The number of rotatable bonds is 4. The number of hydrogen-bond donors (Lipinski definition) is 2. The van der Waals surface area contributed by atoms with Crippen molar-refractivity contribution in [3.8, 4) is 5.75 Å². The molecule has 2 aliphatic rings. The molecule has 11 heteroatoms. The number of fused-ring (bicyclic) bond motifs is 2. The third-order valence-electron chi connectivity index (χ3n) is 6.24. The van der Waals surface area contributed by atoms with E-state index in [-0.39, 0.29) is 29.0 Å². The molecule has 2 aromatic carbocycles. The number of benzene rings is 2. The Hall–Kier alpha value is -3.08. The van der Waals surface area contributed by atoms with Gasteiger partial charge in [-0.15, -0.1) is 0 Å². The van der Waals surface area contributed by atoms with Crippen LogP contribution >= 0.6 is 34.7 Å². The number of aromatic hydroxyl groups is 1. The Kier molecular flexibility index (Phi) is 5.77. The lowest BCUT2D eigenvalue weighted by molar-refractivity contribution is -0.123. The van der Waals surface area contributed by atoms with Crippen molar-refractivity contribution in [2.45, 2.75) is 36.1 Å². The van der Waals surface area contributed by atoms with E-state index in [9.17, 15) is 24.3 Å². The zero-order valence-electron chi connectivity index (χ0n) is 18.6. The fraction of sp³-hybridized carbons (Fsp3) is 0.250. The van der Waals surface area contributed by atoms with Gasteiger partial charge in [0.15, 0.2) is 0 Å². The molecule has 3 heterocycles. The molecular weight excluding hydrogens is 510 g/mol. The fourth-order valence-electron chi connectivity index (χ4n) is 4.50. The molecule has 1 saturated heterocycles. The molecule has 2 unspecified atom stereocenters. The van der Waals surface area contributed by atoms with Gasteiger partial charge in [-0.2, -0.15) is 0 Å². The molecule has 0 radical (unpaired) electrons. The van der Waals surface area contributed by atoms with Gasteiger partial charge >= 0.3 is 4.87 Å². The molecule has 1 fully saturated rings. The third kappa shape index (κ3) is 3.95. The summed E-state index contributed by atoms with van der Waals surface area (Å²) >= 11 is 8.13. The first-order chi connectivity index (χ1) is 16.6. The lowest BCUT2D eigenvalue weighted by Gasteiger charge is -2.36. The molecule has 180 valence electrons. The van der Waals surface area contributed by atoms with E-state index in [1.807, 2.05) is 13.8 Å². The summed E-state index contributed by atoms with van der Waals surface area (Å²) in [4.78, 5) is 54.0. The summed E-state index contributed by atoms with van der Waals surface area (Å²) in [6, 6.07) is 12.5. The normalized spacial score (nSPS) is 20.5. The molecule has 2 atom stereocenters. The number of hydrogen-bond acceptors (Lipinski definition) is 7. The van der Waals surface area contributed by atoms with Gasteiger partial charge in [-0.3, -0.25) is 23.7 Å². The van der Waals surface area contributed by atoms with Crippen LogP contribution in [0.3, 0.4) is 0 Å². The smallest absolute Gasteiger partial charge is 0.308 e. The first kappa shape index (κ1) is 23.7. The van der Waals surface area contributed by atoms with Crippen LogP contribution in [0.2, 0.25) is 5.02 Å². The number of phenols is 1. The van der Waals surface area contributed by atoms with Crippen LogP contribution in [-0.2, 0) is 26.3 Å². The lowest BCUT2D eigenvalue weighted by Crippen LogP contribution is -2.41.